The number of hydrogen-bond acceptors (Lipinski definition) is 3. The number of rotatable bonds is 3. The Kier molecular flexibility index (Phi) is 3.49. The van der Waals surface area contributed by atoms with Crippen LogP contribution in [-0.2, 0) is 0 Å². The van der Waals surface area contributed by atoms with Gasteiger partial charge in [-0.2, -0.15) is 0 Å². The molecule has 3 nitrogen and oxygen atoms in total. The molecule has 0 amide bonds. The molecule has 4 N–H and O–H groups in total. The smallest absolute Gasteiger partial charge is 0.115 e. The molecular weight excluding hydrogens is 178 g/mol. The van der Waals surface area contributed by atoms with Crippen molar-refractivity contribution >= 4 is 0 Å². The maximum absolute atomic E-state index is 9.84. The molecule has 0 aliphatic carbocycles. The Morgan fingerprint density at radius 3 is 2.07 bits per heavy atom. The van der Waals surface area contributed by atoms with Gasteiger partial charge in [-0.25, -0.2) is 0 Å². The van der Waals surface area contributed by atoms with Crippen LogP contribution in [0.1, 0.15) is 25.5 Å². The number of hydrogen-bond donors (Lipinski definition) is 3. The van der Waals surface area contributed by atoms with E-state index in [2.05, 4.69) is 0 Å². The van der Waals surface area contributed by atoms with Gasteiger partial charge >= 0.3 is 0 Å². The van der Waals surface area contributed by atoms with Crippen molar-refractivity contribution in [1.29, 1.82) is 0 Å². The third-order valence-electron chi connectivity index (χ3n) is 2.37. The Labute approximate surface area is 84.2 Å². The predicted octanol–water partition coefficient (Wildman–Crippen LogP) is 1.41. The maximum Gasteiger partial charge on any atom is 0.115 e. The molecule has 0 fully saturated rings. The molecule has 1 rings (SSSR count). The van der Waals surface area contributed by atoms with Crippen LogP contribution in [0.15, 0.2) is 24.3 Å². The van der Waals surface area contributed by atoms with Crippen LogP contribution in [0.5, 0.6) is 5.75 Å². The molecule has 0 saturated heterocycles. The Hall–Kier alpha value is -1.06. The lowest BCUT2D eigenvalue weighted by Crippen LogP contribution is -2.33. The quantitative estimate of drug-likeness (QED) is 0.683. The van der Waals surface area contributed by atoms with Gasteiger partial charge in [0.25, 0.3) is 0 Å². The van der Waals surface area contributed by atoms with Crippen molar-refractivity contribution in [1.82, 2.24) is 0 Å². The monoisotopic (exact) mass is 195 g/mol. The van der Waals surface area contributed by atoms with Crippen LogP contribution < -0.4 is 5.73 Å². The number of aliphatic hydroxyl groups is 1. The van der Waals surface area contributed by atoms with E-state index in [0.717, 1.165) is 5.56 Å². The van der Waals surface area contributed by atoms with E-state index in [4.69, 9.17) is 10.8 Å². The summed E-state index contributed by atoms with van der Waals surface area (Å²) in [5.41, 5.74) is 6.56. The normalized spacial score (nSPS) is 15.5. The second kappa shape index (κ2) is 4.44. The minimum Gasteiger partial charge on any atom is -0.508 e. The maximum atomic E-state index is 9.84. The fraction of sp³-hybridized carbons (Fsp3) is 0.455. The first-order valence-electron chi connectivity index (χ1n) is 4.75. The summed E-state index contributed by atoms with van der Waals surface area (Å²) >= 11 is 0. The molecule has 0 spiro atoms. The molecule has 0 radical (unpaired) electrons. The third-order valence-corrected chi connectivity index (χ3v) is 2.37. The highest BCUT2D eigenvalue weighted by atomic mass is 16.3. The molecule has 2 atom stereocenters. The highest BCUT2D eigenvalue weighted by Crippen LogP contribution is 2.21. The average molecular weight is 195 g/mol. The molecule has 0 saturated carbocycles. The van der Waals surface area contributed by atoms with Crippen molar-refractivity contribution < 1.29 is 10.2 Å². The summed E-state index contributed by atoms with van der Waals surface area (Å²) in [6.45, 7) is 3.93. The van der Waals surface area contributed by atoms with Gasteiger partial charge in [0.05, 0.1) is 6.10 Å². The number of benzene rings is 1. The van der Waals surface area contributed by atoms with Gasteiger partial charge in [0.15, 0.2) is 0 Å². The summed E-state index contributed by atoms with van der Waals surface area (Å²) in [7, 11) is 0. The molecule has 1 aromatic carbocycles. The standard InChI is InChI=1S/C11H17NO2/c1-7(2)10(12)11(14)8-3-5-9(13)6-4-8/h3-7,10-11,13-14H,12H2,1-2H3/t10-,11-/m1/s1. The first-order valence-corrected chi connectivity index (χ1v) is 4.75. The zero-order chi connectivity index (χ0) is 10.7. The van der Waals surface area contributed by atoms with Crippen molar-refractivity contribution in [3.05, 3.63) is 29.8 Å². The number of nitrogens with two attached hydrogens (primary N) is 1. The number of aromatic hydroxyl groups is 1. The van der Waals surface area contributed by atoms with E-state index in [9.17, 15) is 5.11 Å². The first-order chi connectivity index (χ1) is 6.52. The molecule has 0 aliphatic rings. The summed E-state index contributed by atoms with van der Waals surface area (Å²) < 4.78 is 0. The van der Waals surface area contributed by atoms with Gasteiger partial charge in [-0.05, 0) is 23.6 Å². The number of phenols is 1. The zero-order valence-electron chi connectivity index (χ0n) is 8.51. The molecule has 0 aromatic heterocycles. The summed E-state index contributed by atoms with van der Waals surface area (Å²) in [6, 6.07) is 6.18. The van der Waals surface area contributed by atoms with Gasteiger partial charge in [-0.1, -0.05) is 26.0 Å². The lowest BCUT2D eigenvalue weighted by atomic mass is 9.94. The summed E-state index contributed by atoms with van der Waals surface area (Å²) in [5, 5.41) is 18.9. The topological polar surface area (TPSA) is 66.5 Å². The molecule has 14 heavy (non-hydrogen) atoms. The molecule has 78 valence electrons. The lowest BCUT2D eigenvalue weighted by Gasteiger charge is -2.22. The van der Waals surface area contributed by atoms with Gasteiger partial charge in [0, 0.05) is 6.04 Å². The van der Waals surface area contributed by atoms with E-state index in [1.807, 2.05) is 13.8 Å². The molecule has 3 heteroatoms. The van der Waals surface area contributed by atoms with E-state index in [0.29, 0.717) is 0 Å². The van der Waals surface area contributed by atoms with Crippen molar-refractivity contribution in [2.45, 2.75) is 26.0 Å². The van der Waals surface area contributed by atoms with Gasteiger partial charge in [-0.15, -0.1) is 0 Å². The van der Waals surface area contributed by atoms with E-state index in [-0.39, 0.29) is 17.7 Å². The molecular formula is C11H17NO2. The van der Waals surface area contributed by atoms with Gasteiger partial charge in [0.2, 0.25) is 0 Å². The van der Waals surface area contributed by atoms with Crippen LogP contribution in [0, 0.1) is 5.92 Å². The van der Waals surface area contributed by atoms with Crippen LogP contribution in [-0.4, -0.2) is 16.3 Å². The van der Waals surface area contributed by atoms with Crippen molar-refractivity contribution in [2.75, 3.05) is 0 Å². The summed E-state index contributed by atoms with van der Waals surface area (Å²) in [6.07, 6.45) is -0.671. The van der Waals surface area contributed by atoms with Crippen molar-refractivity contribution in [2.24, 2.45) is 11.7 Å². The van der Waals surface area contributed by atoms with Crippen LogP contribution in [0.3, 0.4) is 0 Å². The Bertz CT molecular complexity index is 282. The second-order valence-corrected chi connectivity index (χ2v) is 3.86. The summed E-state index contributed by atoms with van der Waals surface area (Å²) in [4.78, 5) is 0. The molecule has 0 bridgehead atoms. The van der Waals surface area contributed by atoms with E-state index in [1.54, 1.807) is 24.3 Å². The fourth-order valence-corrected chi connectivity index (χ4v) is 1.26. The lowest BCUT2D eigenvalue weighted by molar-refractivity contribution is 0.125. The van der Waals surface area contributed by atoms with Gasteiger partial charge in [0.1, 0.15) is 5.75 Å². The Morgan fingerprint density at radius 2 is 1.64 bits per heavy atom. The molecule has 0 aliphatic heterocycles. The fourth-order valence-electron chi connectivity index (χ4n) is 1.26. The predicted molar refractivity (Wildman–Crippen MR) is 55.9 cm³/mol. The Morgan fingerprint density at radius 1 is 1.14 bits per heavy atom. The molecule has 1 aromatic rings. The second-order valence-electron chi connectivity index (χ2n) is 3.86. The summed E-state index contributed by atoms with van der Waals surface area (Å²) in [5.74, 6) is 0.415. The van der Waals surface area contributed by atoms with E-state index in [1.165, 1.54) is 0 Å². The SMILES string of the molecule is CC(C)[C@@H](N)[C@H](O)c1ccc(O)cc1. The first kappa shape index (κ1) is 11.0. The van der Waals surface area contributed by atoms with Gasteiger partial charge in [-0.3, -0.25) is 0 Å². The zero-order valence-corrected chi connectivity index (χ0v) is 8.51. The van der Waals surface area contributed by atoms with Crippen LogP contribution in [0.25, 0.3) is 0 Å². The molecule has 0 heterocycles. The van der Waals surface area contributed by atoms with E-state index >= 15 is 0 Å². The van der Waals surface area contributed by atoms with Crippen LogP contribution >= 0.6 is 0 Å². The van der Waals surface area contributed by atoms with Crippen molar-refractivity contribution in [3.8, 4) is 5.75 Å². The Balaban J connectivity index is 2.78. The highest BCUT2D eigenvalue weighted by molar-refractivity contribution is 5.27. The van der Waals surface area contributed by atoms with E-state index < -0.39 is 6.10 Å². The minimum atomic E-state index is -0.671. The van der Waals surface area contributed by atoms with Crippen molar-refractivity contribution in [3.63, 3.8) is 0 Å². The van der Waals surface area contributed by atoms with Crippen LogP contribution in [0.2, 0.25) is 0 Å². The third kappa shape index (κ3) is 2.47. The number of aliphatic hydroxyl groups excluding tert-OH is 1. The van der Waals surface area contributed by atoms with Crippen LogP contribution in [0.4, 0.5) is 0 Å². The van der Waals surface area contributed by atoms with Gasteiger partial charge < -0.3 is 15.9 Å². The minimum absolute atomic E-state index is 0.194. The average Bonchev–Trinajstić information content (AvgIpc) is 2.16. The number of phenolic OH excluding ortho intramolecular Hbond substituents is 1. The molecule has 0 unspecified atom stereocenters. The largest absolute Gasteiger partial charge is 0.508 e. The highest BCUT2D eigenvalue weighted by Gasteiger charge is 2.19.